The van der Waals surface area contributed by atoms with Crippen molar-refractivity contribution in [3.63, 3.8) is 0 Å². The maximum Gasteiger partial charge on any atom is 0.230 e. The Labute approximate surface area is 130 Å². The molecular formula is C16H18N4S. The number of aromatic nitrogens is 2. The number of hydrogen-bond acceptors (Lipinski definition) is 4. The zero-order chi connectivity index (χ0) is 15.0. The topological polar surface area (TPSA) is 55.0 Å². The minimum atomic E-state index is 0.308. The molecule has 0 aliphatic carbocycles. The summed E-state index contributed by atoms with van der Waals surface area (Å²) in [5.74, 6) is 0.683. The van der Waals surface area contributed by atoms with E-state index in [2.05, 4.69) is 40.0 Å². The van der Waals surface area contributed by atoms with Crippen LogP contribution in [0.1, 0.15) is 28.9 Å². The molecule has 0 amide bonds. The van der Waals surface area contributed by atoms with Crippen LogP contribution in [0.3, 0.4) is 0 Å². The first kappa shape index (κ1) is 13.9. The quantitative estimate of drug-likeness (QED) is 0.864. The second-order valence-corrected chi connectivity index (χ2v) is 5.89. The largest absolute Gasteiger partial charge is 0.388 e. The fraction of sp³-hybridized carbons (Fsp3) is 0.312. The molecule has 1 aromatic heterocycles. The summed E-state index contributed by atoms with van der Waals surface area (Å²) in [4.78, 5) is 11.6. The second kappa shape index (κ2) is 5.41. The van der Waals surface area contributed by atoms with Crippen molar-refractivity contribution in [2.75, 3.05) is 11.4 Å². The molecule has 0 radical (unpaired) electrons. The van der Waals surface area contributed by atoms with Gasteiger partial charge in [0.1, 0.15) is 10.7 Å². The van der Waals surface area contributed by atoms with Crippen LogP contribution in [0.25, 0.3) is 0 Å². The fourth-order valence-electron chi connectivity index (χ4n) is 2.73. The summed E-state index contributed by atoms with van der Waals surface area (Å²) < 4.78 is 0. The Kier molecular flexibility index (Phi) is 3.59. The molecule has 1 aromatic carbocycles. The summed E-state index contributed by atoms with van der Waals surface area (Å²) >= 11 is 5.05. The summed E-state index contributed by atoms with van der Waals surface area (Å²) in [6.07, 6.45) is 2.19. The molecule has 0 saturated heterocycles. The molecular weight excluding hydrogens is 280 g/mol. The van der Waals surface area contributed by atoms with Gasteiger partial charge in [-0.25, -0.2) is 9.97 Å². The van der Waals surface area contributed by atoms with Gasteiger partial charge in [0.25, 0.3) is 0 Å². The number of anilines is 2. The molecule has 0 bridgehead atoms. The Morgan fingerprint density at radius 1 is 1.24 bits per heavy atom. The monoisotopic (exact) mass is 298 g/mol. The molecule has 0 saturated carbocycles. The first-order chi connectivity index (χ1) is 10.0. The van der Waals surface area contributed by atoms with Crippen LogP contribution in [0.2, 0.25) is 0 Å². The Balaban J connectivity index is 2.08. The van der Waals surface area contributed by atoms with E-state index >= 15 is 0 Å². The Hall–Kier alpha value is -2.01. The van der Waals surface area contributed by atoms with Gasteiger partial charge in [-0.1, -0.05) is 29.9 Å². The molecule has 3 rings (SSSR count). The van der Waals surface area contributed by atoms with Crippen LogP contribution < -0.4 is 10.6 Å². The van der Waals surface area contributed by atoms with Crippen LogP contribution in [0.15, 0.2) is 24.3 Å². The number of rotatable bonds is 2. The van der Waals surface area contributed by atoms with E-state index in [0.717, 1.165) is 25.1 Å². The Morgan fingerprint density at radius 2 is 2.05 bits per heavy atom. The second-order valence-electron chi connectivity index (χ2n) is 5.45. The lowest BCUT2D eigenvalue weighted by Crippen LogP contribution is -2.27. The van der Waals surface area contributed by atoms with Gasteiger partial charge in [-0.15, -0.1) is 0 Å². The lowest BCUT2D eigenvalue weighted by atomic mass is 10.00. The van der Waals surface area contributed by atoms with Crippen molar-refractivity contribution >= 4 is 28.8 Å². The highest BCUT2D eigenvalue weighted by molar-refractivity contribution is 7.80. The van der Waals surface area contributed by atoms with Crippen molar-refractivity contribution in [1.82, 2.24) is 9.97 Å². The molecule has 2 N–H and O–H groups in total. The normalized spacial score (nSPS) is 13.9. The lowest BCUT2D eigenvalue weighted by molar-refractivity contribution is 0.747. The Bertz CT molecular complexity index is 711. The third-order valence-corrected chi connectivity index (χ3v) is 3.90. The molecule has 0 fully saturated rings. The van der Waals surface area contributed by atoms with Gasteiger partial charge in [0.15, 0.2) is 0 Å². The maximum atomic E-state index is 5.72. The van der Waals surface area contributed by atoms with Crippen molar-refractivity contribution < 1.29 is 0 Å². The van der Waals surface area contributed by atoms with E-state index in [1.165, 1.54) is 16.8 Å². The predicted octanol–water partition coefficient (Wildman–Crippen LogP) is 2.81. The van der Waals surface area contributed by atoms with E-state index in [1.54, 1.807) is 0 Å². The number of fused-ring (bicyclic) bond motifs is 1. The molecule has 1 aliphatic rings. The van der Waals surface area contributed by atoms with E-state index in [9.17, 15) is 0 Å². The molecule has 0 spiro atoms. The number of hydrogen-bond donors (Lipinski definition) is 1. The first-order valence-electron chi connectivity index (χ1n) is 7.07. The van der Waals surface area contributed by atoms with E-state index in [-0.39, 0.29) is 0 Å². The number of nitrogens with zero attached hydrogens (tertiary/aromatic N) is 3. The molecule has 2 aromatic rings. The fourth-order valence-corrected chi connectivity index (χ4v) is 2.84. The van der Waals surface area contributed by atoms with E-state index in [1.807, 2.05) is 13.0 Å². The molecule has 2 heterocycles. The summed E-state index contributed by atoms with van der Waals surface area (Å²) in [5, 5.41) is 0. The Morgan fingerprint density at radius 3 is 2.81 bits per heavy atom. The highest BCUT2D eigenvalue weighted by atomic mass is 32.1. The van der Waals surface area contributed by atoms with Gasteiger partial charge in [-0.05, 0) is 44.4 Å². The number of benzene rings is 1. The van der Waals surface area contributed by atoms with Gasteiger partial charge in [0.2, 0.25) is 5.95 Å². The number of nitrogens with two attached hydrogens (primary N) is 1. The van der Waals surface area contributed by atoms with Crippen LogP contribution >= 0.6 is 12.2 Å². The van der Waals surface area contributed by atoms with Crippen LogP contribution in [0, 0.1) is 13.8 Å². The SMILES string of the molecule is Cc1ccc2c(c1)CCCN2c1nc(C)cc(C(N)=S)n1. The molecule has 1 aliphatic heterocycles. The maximum absolute atomic E-state index is 5.72. The van der Waals surface area contributed by atoms with Crippen molar-refractivity contribution in [2.45, 2.75) is 26.7 Å². The molecule has 108 valence electrons. The molecule has 5 heteroatoms. The van der Waals surface area contributed by atoms with Gasteiger partial charge >= 0.3 is 0 Å². The molecule has 21 heavy (non-hydrogen) atoms. The number of thiocarbonyl (C=S) groups is 1. The molecule has 0 unspecified atom stereocenters. The zero-order valence-corrected chi connectivity index (χ0v) is 13.1. The van der Waals surface area contributed by atoms with Gasteiger partial charge < -0.3 is 10.6 Å². The standard InChI is InChI=1S/C16H18N4S/c1-10-5-6-14-12(8-10)4-3-7-20(14)16-18-11(2)9-13(19-16)15(17)21/h5-6,8-9H,3-4,7H2,1-2H3,(H2,17,21). The van der Waals surface area contributed by atoms with Gasteiger partial charge in [0, 0.05) is 17.9 Å². The third kappa shape index (κ3) is 2.74. The third-order valence-electron chi connectivity index (χ3n) is 3.69. The highest BCUT2D eigenvalue weighted by Gasteiger charge is 2.21. The van der Waals surface area contributed by atoms with Crippen molar-refractivity contribution in [1.29, 1.82) is 0 Å². The number of aryl methyl sites for hydroxylation is 3. The van der Waals surface area contributed by atoms with Gasteiger partial charge in [-0.2, -0.15) is 0 Å². The van der Waals surface area contributed by atoms with Crippen LogP contribution in [-0.2, 0) is 6.42 Å². The van der Waals surface area contributed by atoms with Crippen molar-refractivity contribution in [3.05, 3.63) is 46.8 Å². The lowest BCUT2D eigenvalue weighted by Gasteiger charge is -2.30. The molecule has 0 atom stereocenters. The summed E-state index contributed by atoms with van der Waals surface area (Å²) in [7, 11) is 0. The molecule has 4 nitrogen and oxygen atoms in total. The smallest absolute Gasteiger partial charge is 0.230 e. The van der Waals surface area contributed by atoms with E-state index in [0.29, 0.717) is 16.6 Å². The summed E-state index contributed by atoms with van der Waals surface area (Å²) in [6.45, 7) is 4.97. The van der Waals surface area contributed by atoms with Gasteiger partial charge in [0.05, 0.1) is 0 Å². The summed E-state index contributed by atoms with van der Waals surface area (Å²) in [6, 6.07) is 8.34. The van der Waals surface area contributed by atoms with Crippen molar-refractivity contribution in [3.8, 4) is 0 Å². The minimum absolute atomic E-state index is 0.308. The summed E-state index contributed by atoms with van der Waals surface area (Å²) in [5.41, 5.74) is 11.0. The average Bonchev–Trinajstić information content (AvgIpc) is 2.45. The van der Waals surface area contributed by atoms with Crippen LogP contribution in [-0.4, -0.2) is 21.5 Å². The van der Waals surface area contributed by atoms with Crippen LogP contribution in [0.5, 0.6) is 0 Å². The minimum Gasteiger partial charge on any atom is -0.388 e. The van der Waals surface area contributed by atoms with E-state index in [4.69, 9.17) is 18.0 Å². The highest BCUT2D eigenvalue weighted by Crippen LogP contribution is 2.32. The van der Waals surface area contributed by atoms with Gasteiger partial charge in [-0.3, -0.25) is 0 Å². The van der Waals surface area contributed by atoms with Crippen molar-refractivity contribution in [2.24, 2.45) is 5.73 Å². The zero-order valence-electron chi connectivity index (χ0n) is 12.3. The predicted molar refractivity (Wildman–Crippen MR) is 89.2 cm³/mol. The first-order valence-corrected chi connectivity index (χ1v) is 7.48. The van der Waals surface area contributed by atoms with E-state index < -0.39 is 0 Å². The average molecular weight is 298 g/mol. The van der Waals surface area contributed by atoms with Crippen LogP contribution in [0.4, 0.5) is 11.6 Å².